The van der Waals surface area contributed by atoms with E-state index in [0.717, 1.165) is 23.3 Å². The number of benzene rings is 1. The second-order valence-corrected chi connectivity index (χ2v) is 6.71. The molecule has 0 radical (unpaired) electrons. The molecular formula is C17H25ClO. The van der Waals surface area contributed by atoms with E-state index in [9.17, 15) is 0 Å². The van der Waals surface area contributed by atoms with Gasteiger partial charge in [0.05, 0.1) is 5.60 Å². The lowest BCUT2D eigenvalue weighted by Crippen LogP contribution is -2.39. The summed E-state index contributed by atoms with van der Waals surface area (Å²) in [6.45, 7) is 4.67. The van der Waals surface area contributed by atoms with E-state index in [2.05, 4.69) is 26.0 Å². The molecule has 2 rings (SSSR count). The molecule has 0 aromatic heterocycles. The number of hydrogen-bond donors (Lipinski definition) is 0. The summed E-state index contributed by atoms with van der Waals surface area (Å²) in [5.74, 6) is 1.67. The van der Waals surface area contributed by atoms with Crippen molar-refractivity contribution in [2.24, 2.45) is 11.8 Å². The standard InChI is InChI=1S/C17H25ClO/c1-13(2)15-8-10-17(19-3,11-9-15)12-14-4-6-16(18)7-5-14/h4-7,13,15H,8-12H2,1-3H3. The normalized spacial score (nSPS) is 27.7. The van der Waals surface area contributed by atoms with E-state index in [1.165, 1.54) is 31.2 Å². The Hall–Kier alpha value is -0.530. The Morgan fingerprint density at radius 1 is 1.21 bits per heavy atom. The third kappa shape index (κ3) is 3.73. The molecule has 1 aliphatic rings. The monoisotopic (exact) mass is 280 g/mol. The zero-order chi connectivity index (χ0) is 13.9. The fourth-order valence-corrected chi connectivity index (χ4v) is 3.39. The van der Waals surface area contributed by atoms with Crippen molar-refractivity contribution in [1.29, 1.82) is 0 Å². The Morgan fingerprint density at radius 2 is 1.79 bits per heavy atom. The van der Waals surface area contributed by atoms with E-state index in [1.807, 2.05) is 19.2 Å². The molecule has 0 heterocycles. The molecule has 19 heavy (non-hydrogen) atoms. The first-order valence-corrected chi connectivity index (χ1v) is 7.72. The van der Waals surface area contributed by atoms with Gasteiger partial charge in [0, 0.05) is 18.6 Å². The average Bonchev–Trinajstić information content (AvgIpc) is 2.42. The highest BCUT2D eigenvalue weighted by molar-refractivity contribution is 6.30. The summed E-state index contributed by atoms with van der Waals surface area (Å²) >= 11 is 5.95. The molecule has 0 N–H and O–H groups in total. The largest absolute Gasteiger partial charge is 0.378 e. The molecule has 0 spiro atoms. The van der Waals surface area contributed by atoms with Gasteiger partial charge in [-0.05, 0) is 55.2 Å². The van der Waals surface area contributed by atoms with Gasteiger partial charge in [-0.1, -0.05) is 37.6 Å². The lowest BCUT2D eigenvalue weighted by Gasteiger charge is -2.40. The Bertz CT molecular complexity index is 388. The van der Waals surface area contributed by atoms with Crippen LogP contribution in [0.1, 0.15) is 45.1 Å². The van der Waals surface area contributed by atoms with Crippen LogP contribution in [0.4, 0.5) is 0 Å². The predicted octanol–water partition coefficient (Wildman–Crippen LogP) is 5.11. The molecule has 0 amide bonds. The SMILES string of the molecule is COC1(Cc2ccc(Cl)cc2)CCC(C(C)C)CC1. The highest BCUT2D eigenvalue weighted by atomic mass is 35.5. The second-order valence-electron chi connectivity index (χ2n) is 6.27. The summed E-state index contributed by atoms with van der Waals surface area (Å²) < 4.78 is 5.91. The first-order chi connectivity index (χ1) is 9.04. The van der Waals surface area contributed by atoms with Gasteiger partial charge in [0.1, 0.15) is 0 Å². The molecule has 0 bridgehead atoms. The van der Waals surface area contributed by atoms with Gasteiger partial charge in [-0.3, -0.25) is 0 Å². The molecule has 1 fully saturated rings. The smallest absolute Gasteiger partial charge is 0.0719 e. The summed E-state index contributed by atoms with van der Waals surface area (Å²) in [6, 6.07) is 8.19. The van der Waals surface area contributed by atoms with Gasteiger partial charge in [-0.15, -0.1) is 0 Å². The van der Waals surface area contributed by atoms with Crippen molar-refractivity contribution in [2.75, 3.05) is 7.11 Å². The zero-order valence-electron chi connectivity index (χ0n) is 12.3. The molecule has 106 valence electrons. The average molecular weight is 281 g/mol. The van der Waals surface area contributed by atoms with Crippen molar-refractivity contribution in [3.63, 3.8) is 0 Å². The van der Waals surface area contributed by atoms with E-state index in [4.69, 9.17) is 16.3 Å². The summed E-state index contributed by atoms with van der Waals surface area (Å²) in [6.07, 6.45) is 5.94. The Kier molecular flexibility index (Phi) is 4.92. The zero-order valence-corrected chi connectivity index (χ0v) is 13.0. The van der Waals surface area contributed by atoms with E-state index < -0.39 is 0 Å². The molecular weight excluding hydrogens is 256 g/mol. The van der Waals surface area contributed by atoms with Crippen molar-refractivity contribution in [1.82, 2.24) is 0 Å². The summed E-state index contributed by atoms with van der Waals surface area (Å²) in [5, 5.41) is 0.804. The molecule has 1 saturated carbocycles. The maximum atomic E-state index is 5.95. The minimum Gasteiger partial charge on any atom is -0.378 e. The van der Waals surface area contributed by atoms with Crippen molar-refractivity contribution in [2.45, 2.75) is 51.6 Å². The van der Waals surface area contributed by atoms with Gasteiger partial charge in [0.2, 0.25) is 0 Å². The van der Waals surface area contributed by atoms with Crippen LogP contribution >= 0.6 is 11.6 Å². The van der Waals surface area contributed by atoms with Crippen LogP contribution in [0.5, 0.6) is 0 Å². The van der Waals surface area contributed by atoms with Crippen LogP contribution in [0.15, 0.2) is 24.3 Å². The fraction of sp³-hybridized carbons (Fsp3) is 0.647. The molecule has 2 heteroatoms. The highest BCUT2D eigenvalue weighted by Crippen LogP contribution is 2.39. The van der Waals surface area contributed by atoms with E-state index in [-0.39, 0.29) is 5.60 Å². The molecule has 0 unspecified atom stereocenters. The topological polar surface area (TPSA) is 9.23 Å². The van der Waals surface area contributed by atoms with Crippen LogP contribution in [-0.4, -0.2) is 12.7 Å². The molecule has 1 aliphatic carbocycles. The molecule has 1 aromatic carbocycles. The maximum absolute atomic E-state index is 5.95. The predicted molar refractivity (Wildman–Crippen MR) is 81.7 cm³/mol. The lowest BCUT2D eigenvalue weighted by molar-refractivity contribution is -0.0525. The number of ether oxygens (including phenoxy) is 1. The van der Waals surface area contributed by atoms with E-state index >= 15 is 0 Å². The number of halogens is 1. The number of methoxy groups -OCH3 is 1. The number of hydrogen-bond acceptors (Lipinski definition) is 1. The third-order valence-corrected chi connectivity index (χ3v) is 5.01. The lowest BCUT2D eigenvalue weighted by atomic mass is 9.72. The molecule has 0 aliphatic heterocycles. The van der Waals surface area contributed by atoms with Crippen molar-refractivity contribution >= 4 is 11.6 Å². The molecule has 1 aromatic rings. The first kappa shape index (κ1) is 14.9. The van der Waals surface area contributed by atoms with Crippen LogP contribution in [0.25, 0.3) is 0 Å². The fourth-order valence-electron chi connectivity index (χ4n) is 3.26. The first-order valence-electron chi connectivity index (χ1n) is 7.34. The van der Waals surface area contributed by atoms with Crippen LogP contribution in [0.2, 0.25) is 5.02 Å². The maximum Gasteiger partial charge on any atom is 0.0719 e. The Morgan fingerprint density at radius 3 is 2.26 bits per heavy atom. The summed E-state index contributed by atoms with van der Waals surface area (Å²) in [5.41, 5.74) is 1.37. The van der Waals surface area contributed by atoms with Crippen LogP contribution in [0.3, 0.4) is 0 Å². The van der Waals surface area contributed by atoms with Crippen molar-refractivity contribution in [3.05, 3.63) is 34.9 Å². The second kappa shape index (κ2) is 6.28. The summed E-state index contributed by atoms with van der Waals surface area (Å²) in [7, 11) is 1.87. The minimum absolute atomic E-state index is 0.0409. The summed E-state index contributed by atoms with van der Waals surface area (Å²) in [4.78, 5) is 0. The van der Waals surface area contributed by atoms with E-state index in [0.29, 0.717) is 0 Å². The highest BCUT2D eigenvalue weighted by Gasteiger charge is 2.36. The molecule has 1 nitrogen and oxygen atoms in total. The van der Waals surface area contributed by atoms with Gasteiger partial charge in [0.15, 0.2) is 0 Å². The quantitative estimate of drug-likeness (QED) is 0.744. The Labute approximate surface area is 122 Å². The minimum atomic E-state index is 0.0409. The van der Waals surface area contributed by atoms with Crippen molar-refractivity contribution < 1.29 is 4.74 Å². The van der Waals surface area contributed by atoms with Gasteiger partial charge < -0.3 is 4.74 Å². The molecule has 0 saturated heterocycles. The van der Waals surface area contributed by atoms with Crippen LogP contribution in [-0.2, 0) is 11.2 Å². The van der Waals surface area contributed by atoms with Crippen LogP contribution in [0, 0.1) is 11.8 Å². The van der Waals surface area contributed by atoms with E-state index in [1.54, 1.807) is 0 Å². The van der Waals surface area contributed by atoms with Gasteiger partial charge in [-0.25, -0.2) is 0 Å². The number of rotatable bonds is 4. The van der Waals surface area contributed by atoms with Crippen LogP contribution < -0.4 is 0 Å². The van der Waals surface area contributed by atoms with Gasteiger partial charge in [0.25, 0.3) is 0 Å². The van der Waals surface area contributed by atoms with Crippen molar-refractivity contribution in [3.8, 4) is 0 Å². The van der Waals surface area contributed by atoms with Gasteiger partial charge >= 0.3 is 0 Å². The molecule has 0 atom stereocenters. The third-order valence-electron chi connectivity index (χ3n) is 4.76. The Balaban J connectivity index is 2.02. The van der Waals surface area contributed by atoms with Gasteiger partial charge in [-0.2, -0.15) is 0 Å².